The lowest BCUT2D eigenvalue weighted by Crippen LogP contribution is -2.24. The number of oxime groups is 1. The van der Waals surface area contributed by atoms with Gasteiger partial charge in [-0.2, -0.15) is 0 Å². The van der Waals surface area contributed by atoms with Crippen LogP contribution in [0.25, 0.3) is 0 Å². The first-order valence-electron chi connectivity index (χ1n) is 5.67. The molecule has 0 fully saturated rings. The molecule has 0 unspecified atom stereocenters. The molecule has 8 nitrogen and oxygen atoms in total. The summed E-state index contributed by atoms with van der Waals surface area (Å²) in [6.45, 7) is 0.283. The molecule has 1 amide bonds. The zero-order valence-electron chi connectivity index (χ0n) is 10.4. The summed E-state index contributed by atoms with van der Waals surface area (Å²) in [6, 6.07) is 4.74. The lowest BCUT2D eigenvalue weighted by Gasteiger charge is -2.04. The minimum atomic E-state index is -0.338. The van der Waals surface area contributed by atoms with Gasteiger partial charge in [0.1, 0.15) is 12.0 Å². The van der Waals surface area contributed by atoms with Gasteiger partial charge < -0.3 is 16.3 Å². The van der Waals surface area contributed by atoms with Gasteiger partial charge in [-0.15, -0.1) is 0 Å². The molecule has 0 atom stereocenters. The first-order valence-corrected chi connectivity index (χ1v) is 5.67. The predicted molar refractivity (Wildman–Crippen MR) is 70.0 cm³/mol. The highest BCUT2D eigenvalue weighted by Gasteiger charge is 2.08. The molecule has 0 aliphatic heterocycles. The minimum absolute atomic E-state index is 0.0644. The molecule has 0 aliphatic rings. The smallest absolute Gasteiger partial charge is 0.270 e. The highest BCUT2D eigenvalue weighted by atomic mass is 16.4. The van der Waals surface area contributed by atoms with Gasteiger partial charge in [-0.25, -0.2) is 9.97 Å². The third kappa shape index (κ3) is 3.25. The van der Waals surface area contributed by atoms with Gasteiger partial charge in [0.05, 0.1) is 12.2 Å². The molecule has 2 aromatic rings. The van der Waals surface area contributed by atoms with Crippen molar-refractivity contribution in [1.29, 1.82) is 0 Å². The largest absolute Gasteiger partial charge is 0.409 e. The Balaban J connectivity index is 1.99. The van der Waals surface area contributed by atoms with Crippen LogP contribution in [0.15, 0.2) is 42.1 Å². The Morgan fingerprint density at radius 3 is 2.80 bits per heavy atom. The van der Waals surface area contributed by atoms with Crippen LogP contribution in [0.4, 0.5) is 0 Å². The van der Waals surface area contributed by atoms with Gasteiger partial charge in [-0.3, -0.25) is 9.78 Å². The summed E-state index contributed by atoms with van der Waals surface area (Å²) in [7, 11) is 0. The van der Waals surface area contributed by atoms with Crippen molar-refractivity contribution in [1.82, 2.24) is 20.3 Å². The fraction of sp³-hybridized carbons (Fsp3) is 0.0833. The molecule has 8 heteroatoms. The van der Waals surface area contributed by atoms with Crippen molar-refractivity contribution >= 4 is 11.7 Å². The predicted octanol–water partition coefficient (Wildman–Crippen LogP) is -0.104. The van der Waals surface area contributed by atoms with Crippen LogP contribution in [0.1, 0.15) is 21.7 Å². The normalized spacial score (nSPS) is 11.1. The molecular weight excluding hydrogens is 260 g/mol. The standard InChI is InChI=1S/C12H12N6O2/c13-11(18-20)8-1-2-10(15-5-8)12(19)16-6-9-3-4-14-7-17-9/h1-5,7,20H,6H2,(H2,13,18)(H,16,19). The van der Waals surface area contributed by atoms with E-state index in [1.54, 1.807) is 18.3 Å². The molecule has 20 heavy (non-hydrogen) atoms. The average Bonchev–Trinajstić information content (AvgIpc) is 2.53. The van der Waals surface area contributed by atoms with E-state index < -0.39 is 0 Å². The minimum Gasteiger partial charge on any atom is -0.409 e. The van der Waals surface area contributed by atoms with Gasteiger partial charge in [0, 0.05) is 18.0 Å². The molecule has 0 bridgehead atoms. The molecule has 0 aromatic carbocycles. The zero-order chi connectivity index (χ0) is 14.4. The van der Waals surface area contributed by atoms with E-state index in [4.69, 9.17) is 10.9 Å². The number of carbonyl (C=O) groups excluding carboxylic acids is 1. The Hall–Kier alpha value is -3.03. The molecule has 2 heterocycles. The Labute approximate surface area is 114 Å². The van der Waals surface area contributed by atoms with E-state index in [1.165, 1.54) is 18.6 Å². The van der Waals surface area contributed by atoms with Crippen molar-refractivity contribution in [2.75, 3.05) is 0 Å². The topological polar surface area (TPSA) is 126 Å². The highest BCUT2D eigenvalue weighted by Crippen LogP contribution is 2.01. The quantitative estimate of drug-likeness (QED) is 0.308. The number of pyridine rings is 1. The van der Waals surface area contributed by atoms with Gasteiger partial charge in [0.2, 0.25) is 0 Å². The van der Waals surface area contributed by atoms with E-state index in [0.717, 1.165) is 0 Å². The van der Waals surface area contributed by atoms with Crippen molar-refractivity contribution in [3.05, 3.63) is 53.9 Å². The lowest BCUT2D eigenvalue weighted by molar-refractivity contribution is 0.0945. The Kier molecular flexibility index (Phi) is 4.17. The Morgan fingerprint density at radius 1 is 1.35 bits per heavy atom. The van der Waals surface area contributed by atoms with Gasteiger partial charge in [0.15, 0.2) is 5.84 Å². The van der Waals surface area contributed by atoms with Crippen LogP contribution in [-0.4, -0.2) is 31.9 Å². The monoisotopic (exact) mass is 272 g/mol. The summed E-state index contributed by atoms with van der Waals surface area (Å²) in [6.07, 6.45) is 4.36. The maximum atomic E-state index is 11.8. The number of rotatable bonds is 4. The van der Waals surface area contributed by atoms with Crippen LogP contribution >= 0.6 is 0 Å². The first-order chi connectivity index (χ1) is 9.70. The number of amidine groups is 1. The maximum absolute atomic E-state index is 11.8. The van der Waals surface area contributed by atoms with Crippen LogP contribution in [0, 0.1) is 0 Å². The summed E-state index contributed by atoms with van der Waals surface area (Å²) in [5, 5.41) is 14.0. The Bertz CT molecular complexity index is 612. The second-order valence-corrected chi connectivity index (χ2v) is 3.80. The Morgan fingerprint density at radius 2 is 2.20 bits per heavy atom. The summed E-state index contributed by atoms with van der Waals surface area (Å²) in [4.78, 5) is 23.6. The van der Waals surface area contributed by atoms with Crippen molar-refractivity contribution in [3.63, 3.8) is 0 Å². The molecule has 4 N–H and O–H groups in total. The lowest BCUT2D eigenvalue weighted by atomic mass is 10.2. The van der Waals surface area contributed by atoms with Crippen LogP contribution < -0.4 is 11.1 Å². The highest BCUT2D eigenvalue weighted by molar-refractivity contribution is 5.98. The second kappa shape index (κ2) is 6.23. The number of amides is 1. The summed E-state index contributed by atoms with van der Waals surface area (Å²) in [5.74, 6) is -0.403. The van der Waals surface area contributed by atoms with Crippen LogP contribution in [0.3, 0.4) is 0 Å². The third-order valence-electron chi connectivity index (χ3n) is 2.47. The first kappa shape index (κ1) is 13.4. The van der Waals surface area contributed by atoms with E-state index in [1.807, 2.05) is 0 Å². The van der Waals surface area contributed by atoms with E-state index in [9.17, 15) is 4.79 Å². The molecular formula is C12H12N6O2. The molecule has 2 rings (SSSR count). The fourth-order valence-electron chi connectivity index (χ4n) is 1.42. The van der Waals surface area contributed by atoms with Crippen molar-refractivity contribution in [2.24, 2.45) is 10.9 Å². The van der Waals surface area contributed by atoms with E-state index in [0.29, 0.717) is 11.3 Å². The number of carbonyl (C=O) groups is 1. The number of nitrogens with two attached hydrogens (primary N) is 1. The number of hydrogen-bond acceptors (Lipinski definition) is 6. The average molecular weight is 272 g/mol. The van der Waals surface area contributed by atoms with E-state index in [2.05, 4.69) is 25.4 Å². The van der Waals surface area contributed by atoms with Gasteiger partial charge in [-0.05, 0) is 18.2 Å². The molecule has 0 aliphatic carbocycles. The molecule has 0 saturated heterocycles. The number of aromatic nitrogens is 3. The van der Waals surface area contributed by atoms with Crippen LogP contribution in [-0.2, 0) is 6.54 Å². The summed E-state index contributed by atoms with van der Waals surface area (Å²) >= 11 is 0. The molecule has 102 valence electrons. The number of hydrogen-bond donors (Lipinski definition) is 3. The van der Waals surface area contributed by atoms with Crippen molar-refractivity contribution < 1.29 is 10.0 Å². The number of nitrogens with one attached hydrogen (secondary N) is 1. The maximum Gasteiger partial charge on any atom is 0.270 e. The van der Waals surface area contributed by atoms with Gasteiger partial charge in [-0.1, -0.05) is 5.16 Å². The SMILES string of the molecule is N/C(=N/O)c1ccc(C(=O)NCc2ccncn2)nc1. The van der Waals surface area contributed by atoms with Crippen molar-refractivity contribution in [2.45, 2.75) is 6.54 Å². The summed E-state index contributed by atoms with van der Waals surface area (Å²) in [5.41, 5.74) is 6.76. The molecule has 0 radical (unpaired) electrons. The molecule has 0 spiro atoms. The van der Waals surface area contributed by atoms with E-state index >= 15 is 0 Å². The molecule has 0 saturated carbocycles. The third-order valence-corrected chi connectivity index (χ3v) is 2.47. The fourth-order valence-corrected chi connectivity index (χ4v) is 1.42. The van der Waals surface area contributed by atoms with Gasteiger partial charge >= 0.3 is 0 Å². The molecule has 2 aromatic heterocycles. The van der Waals surface area contributed by atoms with E-state index in [-0.39, 0.29) is 24.0 Å². The van der Waals surface area contributed by atoms with Crippen molar-refractivity contribution in [3.8, 4) is 0 Å². The summed E-state index contributed by atoms with van der Waals surface area (Å²) < 4.78 is 0. The van der Waals surface area contributed by atoms with Crippen LogP contribution in [0.5, 0.6) is 0 Å². The number of nitrogens with zero attached hydrogens (tertiary/aromatic N) is 4. The second-order valence-electron chi connectivity index (χ2n) is 3.80. The zero-order valence-corrected chi connectivity index (χ0v) is 10.4. The van der Waals surface area contributed by atoms with Crippen LogP contribution in [0.2, 0.25) is 0 Å². The van der Waals surface area contributed by atoms with Gasteiger partial charge in [0.25, 0.3) is 5.91 Å².